The van der Waals surface area contributed by atoms with Crippen LogP contribution in [0.15, 0.2) is 6.33 Å². The van der Waals surface area contributed by atoms with Gasteiger partial charge in [-0.15, -0.1) is 0 Å². The fourth-order valence-electron chi connectivity index (χ4n) is 1.36. The van der Waals surface area contributed by atoms with Crippen molar-refractivity contribution in [1.82, 2.24) is 9.97 Å². The highest BCUT2D eigenvalue weighted by Gasteiger charge is 2.49. The van der Waals surface area contributed by atoms with Gasteiger partial charge in [-0.3, -0.25) is 0 Å². The van der Waals surface area contributed by atoms with Crippen LogP contribution in [0, 0.1) is 0 Å². The van der Waals surface area contributed by atoms with Crippen molar-refractivity contribution in [1.29, 1.82) is 0 Å². The Bertz CT molecular complexity index is 558. The van der Waals surface area contributed by atoms with Crippen molar-refractivity contribution in [3.8, 4) is 5.88 Å². The van der Waals surface area contributed by atoms with Crippen LogP contribution in [-0.2, 0) is 27.9 Å². The topological polar surface area (TPSA) is 78.4 Å². The average Bonchev–Trinajstić information content (AvgIpc) is 2.27. The van der Waals surface area contributed by atoms with Crippen molar-refractivity contribution >= 4 is 10.1 Å². The quantitative estimate of drug-likeness (QED) is 0.590. The fourth-order valence-corrected chi connectivity index (χ4v) is 1.80. The third-order valence-corrected chi connectivity index (χ3v) is 3.14. The lowest BCUT2D eigenvalue weighted by atomic mass is 10.1. The molecule has 6 nitrogen and oxygen atoms in total. The smallest absolute Gasteiger partial charge is 0.376 e. The van der Waals surface area contributed by atoms with E-state index in [1.807, 2.05) is 0 Å². The lowest BCUT2D eigenvalue weighted by molar-refractivity contribution is -0.0502. The zero-order valence-corrected chi connectivity index (χ0v) is 9.58. The second kappa shape index (κ2) is 4.35. The molecule has 0 saturated heterocycles. The lowest BCUT2D eigenvalue weighted by Gasteiger charge is -2.17. The van der Waals surface area contributed by atoms with E-state index in [0.717, 1.165) is 6.33 Å². The van der Waals surface area contributed by atoms with Crippen LogP contribution in [0.4, 0.5) is 13.2 Å². The highest BCUT2D eigenvalue weighted by molar-refractivity contribution is 7.87. The molecule has 0 spiro atoms. The SMILES string of the molecule is O=S(=O)(Oc1ncnc2c1COCC2)C(F)(F)F. The molecule has 1 aliphatic heterocycles. The van der Waals surface area contributed by atoms with Crippen LogP contribution in [0.25, 0.3) is 0 Å². The molecule has 0 bridgehead atoms. The molecule has 1 aromatic heterocycles. The van der Waals surface area contributed by atoms with E-state index in [9.17, 15) is 21.6 Å². The molecule has 18 heavy (non-hydrogen) atoms. The minimum absolute atomic E-state index is 0.0844. The van der Waals surface area contributed by atoms with E-state index in [1.165, 1.54) is 0 Å². The summed E-state index contributed by atoms with van der Waals surface area (Å²) in [5.74, 6) is -0.642. The molecule has 0 aromatic carbocycles. The van der Waals surface area contributed by atoms with Crippen molar-refractivity contribution in [2.24, 2.45) is 0 Å². The van der Waals surface area contributed by atoms with Gasteiger partial charge in [-0.1, -0.05) is 0 Å². The molecule has 0 radical (unpaired) electrons. The van der Waals surface area contributed by atoms with Crippen LogP contribution < -0.4 is 4.18 Å². The number of ether oxygens (including phenoxy) is 1. The van der Waals surface area contributed by atoms with Crippen LogP contribution in [0.2, 0.25) is 0 Å². The fraction of sp³-hybridized carbons (Fsp3) is 0.500. The summed E-state index contributed by atoms with van der Waals surface area (Å²) in [6.45, 7) is 0.272. The second-order valence-corrected chi connectivity index (χ2v) is 4.93. The largest absolute Gasteiger partial charge is 0.534 e. The molecule has 1 aromatic rings. The van der Waals surface area contributed by atoms with Crippen molar-refractivity contribution < 1.29 is 30.5 Å². The third-order valence-electron chi connectivity index (χ3n) is 2.20. The van der Waals surface area contributed by atoms with Gasteiger partial charge < -0.3 is 8.92 Å². The summed E-state index contributed by atoms with van der Waals surface area (Å²) in [5.41, 5.74) is -4.96. The molecule has 1 aliphatic rings. The Morgan fingerprint density at radius 2 is 2.06 bits per heavy atom. The van der Waals surface area contributed by atoms with Crippen LogP contribution in [0.1, 0.15) is 11.3 Å². The molecule has 0 atom stereocenters. The predicted octanol–water partition coefficient (Wildman–Crippen LogP) is 0.778. The second-order valence-electron chi connectivity index (χ2n) is 3.39. The predicted molar refractivity (Wildman–Crippen MR) is 51.0 cm³/mol. The normalized spacial score (nSPS) is 16.2. The van der Waals surface area contributed by atoms with E-state index in [1.54, 1.807) is 0 Å². The first-order valence-corrected chi connectivity index (χ1v) is 6.13. The summed E-state index contributed by atoms with van der Waals surface area (Å²) in [6, 6.07) is 0. The first-order chi connectivity index (χ1) is 8.31. The van der Waals surface area contributed by atoms with Gasteiger partial charge in [0.15, 0.2) is 0 Å². The maximum Gasteiger partial charge on any atom is 0.534 e. The van der Waals surface area contributed by atoms with Crippen LogP contribution in [0.5, 0.6) is 5.88 Å². The molecule has 0 N–H and O–H groups in total. The van der Waals surface area contributed by atoms with Gasteiger partial charge in [0.2, 0.25) is 5.88 Å². The number of hydrogen-bond acceptors (Lipinski definition) is 6. The standard InChI is InChI=1S/C8H7F3N2O4S/c9-8(10,11)18(14,15)17-7-5-3-16-2-1-6(5)12-4-13-7/h4H,1-3H2. The van der Waals surface area contributed by atoms with Gasteiger partial charge in [0, 0.05) is 6.42 Å². The number of nitrogens with zero attached hydrogens (tertiary/aromatic N) is 2. The number of halogens is 3. The monoisotopic (exact) mass is 284 g/mol. The molecule has 0 amide bonds. The Kier molecular flexibility index (Phi) is 3.15. The molecule has 0 aliphatic carbocycles. The molecule has 2 rings (SSSR count). The maximum absolute atomic E-state index is 12.2. The number of rotatable bonds is 2. The Labute approximate surface area is 99.9 Å². The van der Waals surface area contributed by atoms with E-state index in [0.29, 0.717) is 18.7 Å². The third kappa shape index (κ3) is 2.38. The first-order valence-electron chi connectivity index (χ1n) is 4.72. The van der Waals surface area contributed by atoms with Crippen LogP contribution in [0.3, 0.4) is 0 Å². The van der Waals surface area contributed by atoms with Crippen molar-refractivity contribution in [2.45, 2.75) is 18.5 Å². The average molecular weight is 284 g/mol. The Morgan fingerprint density at radius 1 is 1.33 bits per heavy atom. The lowest BCUT2D eigenvalue weighted by Crippen LogP contribution is -2.29. The maximum atomic E-state index is 12.2. The van der Waals surface area contributed by atoms with Gasteiger partial charge in [0.1, 0.15) is 6.33 Å². The highest BCUT2D eigenvalue weighted by atomic mass is 32.2. The van der Waals surface area contributed by atoms with Crippen molar-refractivity contribution in [3.63, 3.8) is 0 Å². The van der Waals surface area contributed by atoms with E-state index in [2.05, 4.69) is 14.2 Å². The minimum atomic E-state index is -5.73. The molecule has 0 unspecified atom stereocenters. The van der Waals surface area contributed by atoms with E-state index >= 15 is 0 Å². The molecule has 100 valence electrons. The van der Waals surface area contributed by atoms with Crippen molar-refractivity contribution in [3.05, 3.63) is 17.6 Å². The summed E-state index contributed by atoms with van der Waals surface area (Å²) in [6.07, 6.45) is 1.31. The summed E-state index contributed by atoms with van der Waals surface area (Å²) in [5, 5.41) is 0. The summed E-state index contributed by atoms with van der Waals surface area (Å²) in [4.78, 5) is 7.22. The Balaban J connectivity index is 2.36. The molecular formula is C8H7F3N2O4S. The van der Waals surface area contributed by atoms with Gasteiger partial charge in [0.25, 0.3) is 0 Å². The van der Waals surface area contributed by atoms with E-state index in [4.69, 9.17) is 4.74 Å². The summed E-state index contributed by atoms with van der Waals surface area (Å²) in [7, 11) is -5.73. The first kappa shape index (κ1) is 13.0. The van der Waals surface area contributed by atoms with E-state index < -0.39 is 21.5 Å². The summed E-state index contributed by atoms with van der Waals surface area (Å²) >= 11 is 0. The summed E-state index contributed by atoms with van der Waals surface area (Å²) < 4.78 is 67.2. The Morgan fingerprint density at radius 3 is 2.72 bits per heavy atom. The zero-order chi connectivity index (χ0) is 13.4. The van der Waals surface area contributed by atoms with Crippen LogP contribution in [-0.4, -0.2) is 30.5 Å². The molecule has 2 heterocycles. The van der Waals surface area contributed by atoms with Crippen LogP contribution >= 0.6 is 0 Å². The number of fused-ring (bicyclic) bond motifs is 1. The number of alkyl halides is 3. The molecule has 10 heteroatoms. The van der Waals surface area contributed by atoms with Gasteiger partial charge in [0.05, 0.1) is 24.5 Å². The number of hydrogen-bond donors (Lipinski definition) is 0. The van der Waals surface area contributed by atoms with Gasteiger partial charge in [-0.05, 0) is 0 Å². The molecule has 0 fully saturated rings. The number of aromatic nitrogens is 2. The van der Waals surface area contributed by atoms with Gasteiger partial charge in [-0.2, -0.15) is 21.6 Å². The minimum Gasteiger partial charge on any atom is -0.376 e. The van der Waals surface area contributed by atoms with E-state index in [-0.39, 0.29) is 12.2 Å². The highest BCUT2D eigenvalue weighted by Crippen LogP contribution is 2.29. The Hall–Kier alpha value is -1.42. The zero-order valence-electron chi connectivity index (χ0n) is 8.77. The van der Waals surface area contributed by atoms with Gasteiger partial charge in [-0.25, -0.2) is 9.97 Å². The molecule has 0 saturated carbocycles. The van der Waals surface area contributed by atoms with Gasteiger partial charge >= 0.3 is 15.6 Å². The molecular weight excluding hydrogens is 277 g/mol. The van der Waals surface area contributed by atoms with Crippen molar-refractivity contribution in [2.75, 3.05) is 6.61 Å².